The summed E-state index contributed by atoms with van der Waals surface area (Å²) in [5.41, 5.74) is -0.981. The largest absolute Gasteiger partial charge is 0.463 e. The molecule has 1 amide bonds. The zero-order chi connectivity index (χ0) is 18.3. The molecular weight excluding hydrogens is 355 g/mol. The molecule has 0 aliphatic rings. The summed E-state index contributed by atoms with van der Waals surface area (Å²) in [5, 5.41) is 2.71. The molecule has 2 rings (SSSR count). The average Bonchev–Trinajstić information content (AvgIpc) is 3.08. The Morgan fingerprint density at radius 3 is 2.80 bits per heavy atom. The minimum absolute atomic E-state index is 0.0393. The second kappa shape index (κ2) is 8.89. The molecule has 0 saturated carbocycles. The molecule has 2 heterocycles. The minimum atomic E-state index is -4.59. The first kappa shape index (κ1) is 19.3. The van der Waals surface area contributed by atoms with Gasteiger partial charge in [0.1, 0.15) is 11.4 Å². The van der Waals surface area contributed by atoms with E-state index in [1.165, 1.54) is 12.3 Å². The van der Waals surface area contributed by atoms with Gasteiger partial charge in [0.15, 0.2) is 10.9 Å². The molecule has 2 aromatic rings. The Bertz CT molecular complexity index is 690. The summed E-state index contributed by atoms with van der Waals surface area (Å²) >= 11 is 1.00. The lowest BCUT2D eigenvalue weighted by Gasteiger charge is -2.09. The summed E-state index contributed by atoms with van der Waals surface area (Å²) in [5.74, 6) is 0.378. The number of nitrogens with zero attached hydrogens (tertiary/aromatic N) is 2. The third-order valence-electron chi connectivity index (χ3n) is 3.18. The number of alkyl halides is 3. The lowest BCUT2D eigenvalue weighted by molar-refractivity contribution is -0.141. The summed E-state index contributed by atoms with van der Waals surface area (Å²) in [6, 6.07) is 3.94. The standard InChI is InChI=1S/C16H18F3N3O2S/c1-2-3-7-20-14(23)6-9-25-15-21-11(12-5-4-8-24-12)10-13(22-15)16(17,18)19/h4-5,8,10H,2-3,6-7,9H2,1H3,(H,20,23). The molecule has 0 radical (unpaired) electrons. The molecule has 0 saturated heterocycles. The van der Waals surface area contributed by atoms with Crippen LogP contribution in [-0.2, 0) is 11.0 Å². The van der Waals surface area contributed by atoms with Crippen LogP contribution in [0.5, 0.6) is 0 Å². The summed E-state index contributed by atoms with van der Waals surface area (Å²) in [6.45, 7) is 2.62. The summed E-state index contributed by atoms with van der Waals surface area (Å²) in [7, 11) is 0. The van der Waals surface area contributed by atoms with Gasteiger partial charge in [-0.2, -0.15) is 13.2 Å². The van der Waals surface area contributed by atoms with Crippen LogP contribution in [0.25, 0.3) is 11.5 Å². The monoisotopic (exact) mass is 373 g/mol. The highest BCUT2D eigenvalue weighted by atomic mass is 32.2. The first-order chi connectivity index (χ1) is 11.9. The molecule has 0 fully saturated rings. The Hall–Kier alpha value is -2.03. The molecule has 5 nitrogen and oxygen atoms in total. The molecule has 1 N–H and O–H groups in total. The number of rotatable bonds is 8. The van der Waals surface area contributed by atoms with Crippen LogP contribution in [-0.4, -0.2) is 28.2 Å². The zero-order valence-electron chi connectivity index (χ0n) is 13.6. The number of halogens is 3. The molecule has 25 heavy (non-hydrogen) atoms. The fourth-order valence-corrected chi connectivity index (χ4v) is 2.71. The van der Waals surface area contributed by atoms with Gasteiger partial charge >= 0.3 is 6.18 Å². The van der Waals surface area contributed by atoms with Crippen LogP contribution in [0.4, 0.5) is 13.2 Å². The SMILES string of the molecule is CCCCNC(=O)CCSc1nc(-c2ccco2)cc(C(F)(F)F)n1. The maximum atomic E-state index is 13.0. The number of carbonyl (C=O) groups excluding carboxylic acids is 1. The van der Waals surface area contributed by atoms with Crippen LogP contribution in [0.2, 0.25) is 0 Å². The molecule has 0 aromatic carbocycles. The van der Waals surface area contributed by atoms with E-state index < -0.39 is 11.9 Å². The molecule has 0 bridgehead atoms. The third kappa shape index (κ3) is 6.08. The topological polar surface area (TPSA) is 68.0 Å². The number of thioether (sulfide) groups is 1. The second-order valence-corrected chi connectivity index (χ2v) is 6.26. The van der Waals surface area contributed by atoms with E-state index in [1.807, 2.05) is 6.92 Å². The van der Waals surface area contributed by atoms with Crippen molar-refractivity contribution >= 4 is 17.7 Å². The third-order valence-corrected chi connectivity index (χ3v) is 4.03. The Kier molecular flexibility index (Phi) is 6.86. The number of unbranched alkanes of at least 4 members (excludes halogenated alkanes) is 1. The Morgan fingerprint density at radius 2 is 2.16 bits per heavy atom. The number of carbonyl (C=O) groups is 1. The van der Waals surface area contributed by atoms with Crippen LogP contribution >= 0.6 is 11.8 Å². The van der Waals surface area contributed by atoms with Crippen molar-refractivity contribution in [3.63, 3.8) is 0 Å². The number of aromatic nitrogens is 2. The molecule has 0 aliphatic heterocycles. The zero-order valence-corrected chi connectivity index (χ0v) is 14.4. The summed E-state index contributed by atoms with van der Waals surface area (Å²) < 4.78 is 44.2. The molecule has 0 unspecified atom stereocenters. The van der Waals surface area contributed by atoms with Crippen molar-refractivity contribution < 1.29 is 22.4 Å². The average molecular weight is 373 g/mol. The van der Waals surface area contributed by atoms with Crippen molar-refractivity contribution in [2.24, 2.45) is 0 Å². The summed E-state index contributed by atoms with van der Waals surface area (Å²) in [4.78, 5) is 19.3. The molecule has 136 valence electrons. The fourth-order valence-electron chi connectivity index (χ4n) is 1.91. The van der Waals surface area contributed by atoms with Crippen LogP contribution < -0.4 is 5.32 Å². The summed E-state index contributed by atoms with van der Waals surface area (Å²) in [6.07, 6.45) is -1.18. The molecule has 9 heteroatoms. The van der Waals surface area contributed by atoms with Gasteiger partial charge in [0.05, 0.1) is 6.26 Å². The van der Waals surface area contributed by atoms with Crippen LogP contribution in [0.15, 0.2) is 34.0 Å². The van der Waals surface area contributed by atoms with Crippen molar-refractivity contribution in [1.82, 2.24) is 15.3 Å². The molecule has 2 aromatic heterocycles. The van der Waals surface area contributed by atoms with Crippen molar-refractivity contribution in [2.75, 3.05) is 12.3 Å². The smallest absolute Gasteiger partial charge is 0.433 e. The molecule has 0 atom stereocenters. The predicted molar refractivity (Wildman–Crippen MR) is 88.0 cm³/mol. The van der Waals surface area contributed by atoms with Gasteiger partial charge in [-0.05, 0) is 24.6 Å². The van der Waals surface area contributed by atoms with E-state index in [0.717, 1.165) is 30.7 Å². The highest BCUT2D eigenvalue weighted by Gasteiger charge is 2.34. The van der Waals surface area contributed by atoms with Crippen LogP contribution in [0, 0.1) is 0 Å². The number of furan rings is 1. The van der Waals surface area contributed by atoms with E-state index >= 15 is 0 Å². The predicted octanol–water partition coefficient (Wildman–Crippen LogP) is 4.15. The lowest BCUT2D eigenvalue weighted by atomic mass is 10.2. The van der Waals surface area contributed by atoms with Gasteiger partial charge in [0.2, 0.25) is 5.91 Å². The van der Waals surface area contributed by atoms with Gasteiger partial charge in [-0.15, -0.1) is 0 Å². The lowest BCUT2D eigenvalue weighted by Crippen LogP contribution is -2.24. The van der Waals surface area contributed by atoms with E-state index in [2.05, 4.69) is 15.3 Å². The number of amides is 1. The van der Waals surface area contributed by atoms with E-state index in [4.69, 9.17) is 4.42 Å². The van der Waals surface area contributed by atoms with E-state index in [9.17, 15) is 18.0 Å². The number of nitrogens with one attached hydrogen (secondary N) is 1. The molecule has 0 aliphatic carbocycles. The maximum absolute atomic E-state index is 13.0. The molecular formula is C16H18F3N3O2S. The minimum Gasteiger partial charge on any atom is -0.463 e. The highest BCUT2D eigenvalue weighted by Crippen LogP contribution is 2.32. The van der Waals surface area contributed by atoms with Gasteiger partial charge in [-0.25, -0.2) is 9.97 Å². The van der Waals surface area contributed by atoms with Crippen molar-refractivity contribution in [3.8, 4) is 11.5 Å². The van der Waals surface area contributed by atoms with Crippen molar-refractivity contribution in [3.05, 3.63) is 30.2 Å². The molecule has 0 spiro atoms. The van der Waals surface area contributed by atoms with Crippen LogP contribution in [0.1, 0.15) is 31.9 Å². The van der Waals surface area contributed by atoms with E-state index in [1.54, 1.807) is 6.07 Å². The first-order valence-electron chi connectivity index (χ1n) is 7.80. The van der Waals surface area contributed by atoms with E-state index in [-0.39, 0.29) is 34.7 Å². The fraction of sp³-hybridized carbons (Fsp3) is 0.438. The van der Waals surface area contributed by atoms with Gasteiger partial charge in [-0.1, -0.05) is 25.1 Å². The van der Waals surface area contributed by atoms with Gasteiger partial charge in [0, 0.05) is 18.7 Å². The number of hydrogen-bond acceptors (Lipinski definition) is 5. The maximum Gasteiger partial charge on any atom is 0.433 e. The van der Waals surface area contributed by atoms with Gasteiger partial charge < -0.3 is 9.73 Å². The highest BCUT2D eigenvalue weighted by molar-refractivity contribution is 7.99. The normalized spacial score (nSPS) is 11.5. The van der Waals surface area contributed by atoms with Gasteiger partial charge in [0.25, 0.3) is 0 Å². The second-order valence-electron chi connectivity index (χ2n) is 5.20. The Labute approximate surface area is 147 Å². The van der Waals surface area contributed by atoms with Crippen molar-refractivity contribution in [2.45, 2.75) is 37.5 Å². The van der Waals surface area contributed by atoms with Crippen molar-refractivity contribution in [1.29, 1.82) is 0 Å². The Balaban J connectivity index is 2.04. The number of hydrogen-bond donors (Lipinski definition) is 1. The first-order valence-corrected chi connectivity index (χ1v) is 8.78. The van der Waals surface area contributed by atoms with E-state index in [0.29, 0.717) is 6.54 Å². The van der Waals surface area contributed by atoms with Crippen LogP contribution in [0.3, 0.4) is 0 Å². The Morgan fingerprint density at radius 1 is 1.36 bits per heavy atom. The van der Waals surface area contributed by atoms with Gasteiger partial charge in [-0.3, -0.25) is 4.79 Å². The quantitative estimate of drug-likeness (QED) is 0.428.